The molecule has 0 saturated heterocycles. The van der Waals surface area contributed by atoms with E-state index < -0.39 is 40.7 Å². The van der Waals surface area contributed by atoms with Crippen molar-refractivity contribution < 1.29 is 19.1 Å². The molecule has 1 amide bonds. The maximum Gasteiger partial charge on any atom is 0.332 e. The summed E-state index contributed by atoms with van der Waals surface area (Å²) in [6.45, 7) is 8.90. The first kappa shape index (κ1) is 24.9. The number of amides is 1. The van der Waals surface area contributed by atoms with Crippen molar-refractivity contribution >= 4 is 40.2 Å². The molecule has 0 spiro atoms. The van der Waals surface area contributed by atoms with E-state index in [4.69, 9.17) is 22.1 Å². The molecule has 170 valence electrons. The molecule has 1 heterocycles. The molecule has 2 rings (SSSR count). The Bertz CT molecular complexity index is 932. The van der Waals surface area contributed by atoms with Gasteiger partial charge in [0.2, 0.25) is 5.91 Å². The van der Waals surface area contributed by atoms with Gasteiger partial charge in [0.15, 0.2) is 11.2 Å². The molecule has 0 bridgehead atoms. The summed E-state index contributed by atoms with van der Waals surface area (Å²) in [6.07, 6.45) is 2.46. The lowest BCUT2D eigenvalue weighted by molar-refractivity contribution is -0.156. The van der Waals surface area contributed by atoms with E-state index in [9.17, 15) is 14.4 Å². The molecule has 0 fully saturated rings. The van der Waals surface area contributed by atoms with E-state index in [-0.39, 0.29) is 5.92 Å². The monoisotopic (exact) mass is 449 g/mol. The van der Waals surface area contributed by atoms with Gasteiger partial charge in [0, 0.05) is 17.1 Å². The third kappa shape index (κ3) is 7.08. The number of nitrogens with two attached hydrogens (primary N) is 1. The first-order valence-electron chi connectivity index (χ1n) is 10.4. The quantitative estimate of drug-likeness (QED) is 0.309. The summed E-state index contributed by atoms with van der Waals surface area (Å²) in [4.78, 5) is 41.0. The van der Waals surface area contributed by atoms with E-state index in [1.54, 1.807) is 20.8 Å². The predicted octanol–water partition coefficient (Wildman–Crippen LogP) is 3.09. The maximum absolute atomic E-state index is 12.9. The number of esters is 1. The zero-order valence-corrected chi connectivity index (χ0v) is 19.5. The molecule has 1 unspecified atom stereocenters. The third-order valence-electron chi connectivity index (χ3n) is 4.68. The molecular weight excluding hydrogens is 418 g/mol. The van der Waals surface area contributed by atoms with Crippen LogP contribution in [0.4, 0.5) is 0 Å². The fourth-order valence-electron chi connectivity index (χ4n) is 3.27. The molecule has 0 radical (unpaired) electrons. The summed E-state index contributed by atoms with van der Waals surface area (Å²) < 4.78 is 5.21. The van der Waals surface area contributed by atoms with E-state index in [1.807, 2.05) is 44.3 Å². The number of hydrogen-bond donors (Lipinski definition) is 3. The van der Waals surface area contributed by atoms with Gasteiger partial charge in [-0.25, -0.2) is 4.79 Å². The minimum Gasteiger partial charge on any atom is -0.459 e. The number of carbonyl (C=O) groups is 3. The van der Waals surface area contributed by atoms with Crippen LogP contribution in [-0.2, 0) is 25.5 Å². The molecule has 7 nitrogen and oxygen atoms in total. The van der Waals surface area contributed by atoms with Crippen LogP contribution in [0, 0.1) is 5.92 Å². The first-order chi connectivity index (χ1) is 14.4. The normalized spacial score (nSPS) is 14.8. The topological polar surface area (TPSA) is 114 Å². The van der Waals surface area contributed by atoms with E-state index in [2.05, 4.69) is 10.3 Å². The van der Waals surface area contributed by atoms with Crippen molar-refractivity contribution in [2.24, 2.45) is 11.7 Å². The number of ketones is 1. The summed E-state index contributed by atoms with van der Waals surface area (Å²) in [5.74, 6) is -1.82. The Labute approximate surface area is 188 Å². The Morgan fingerprint density at radius 3 is 2.45 bits per heavy atom. The van der Waals surface area contributed by atoms with Gasteiger partial charge in [0.25, 0.3) is 0 Å². The van der Waals surface area contributed by atoms with Crippen molar-refractivity contribution in [1.82, 2.24) is 10.3 Å². The van der Waals surface area contributed by atoms with Crippen molar-refractivity contribution in [2.45, 2.75) is 70.5 Å². The van der Waals surface area contributed by atoms with E-state index in [1.165, 1.54) is 0 Å². The summed E-state index contributed by atoms with van der Waals surface area (Å²) in [5, 5.41) is 2.18. The Kier molecular flexibility index (Phi) is 8.26. The van der Waals surface area contributed by atoms with Crippen LogP contribution in [0.3, 0.4) is 0 Å². The Hall–Kier alpha value is -2.38. The lowest BCUT2D eigenvalue weighted by Gasteiger charge is -2.25. The molecule has 31 heavy (non-hydrogen) atoms. The van der Waals surface area contributed by atoms with Gasteiger partial charge in [-0.2, -0.15) is 0 Å². The summed E-state index contributed by atoms with van der Waals surface area (Å²) in [7, 11) is 0. The van der Waals surface area contributed by atoms with Crippen molar-refractivity contribution in [3.8, 4) is 0 Å². The number of aromatic nitrogens is 1. The largest absolute Gasteiger partial charge is 0.459 e. The van der Waals surface area contributed by atoms with Crippen molar-refractivity contribution in [3.63, 3.8) is 0 Å². The summed E-state index contributed by atoms with van der Waals surface area (Å²) in [6, 6.07) is 5.94. The lowest BCUT2D eigenvalue weighted by Crippen LogP contribution is -2.52. The standard InChI is InChI=1S/C23H32ClN3O4/c1-13(2)10-18(20(28)19(24)22(30)31-23(3,4)5)27-21(29)16(25)11-14-12-26-17-9-7-6-8-15(14)17/h6-9,12-13,16,18-19,26H,10-11,25H2,1-5H3,(H,27,29)/t16-,18-,19?/m0/s1. The molecule has 8 heteroatoms. The van der Waals surface area contributed by atoms with E-state index >= 15 is 0 Å². The number of rotatable bonds is 9. The Balaban J connectivity index is 2.08. The minimum absolute atomic E-state index is 0.0848. The molecule has 4 N–H and O–H groups in total. The van der Waals surface area contributed by atoms with Crippen LogP contribution >= 0.6 is 11.6 Å². The number of H-pyrrole nitrogens is 1. The number of halogens is 1. The highest BCUT2D eigenvalue weighted by molar-refractivity contribution is 6.41. The molecule has 0 aliphatic rings. The SMILES string of the molecule is CC(C)C[C@H](NC(=O)[C@@H](N)Cc1c[nH]c2ccccc12)C(=O)C(Cl)C(=O)OC(C)(C)C. The number of Topliss-reactive ketones (excluding diaryl/α,β-unsaturated/α-hetero) is 1. The molecule has 2 aromatic rings. The predicted molar refractivity (Wildman–Crippen MR) is 122 cm³/mol. The van der Waals surface area contributed by atoms with E-state index in [0.29, 0.717) is 12.8 Å². The zero-order chi connectivity index (χ0) is 23.3. The number of fused-ring (bicyclic) bond motifs is 1. The smallest absolute Gasteiger partial charge is 0.332 e. The van der Waals surface area contributed by atoms with Crippen LogP contribution in [0.25, 0.3) is 10.9 Å². The number of nitrogens with one attached hydrogen (secondary N) is 2. The van der Waals surface area contributed by atoms with Crippen LogP contribution in [0.15, 0.2) is 30.5 Å². The number of carbonyl (C=O) groups excluding carboxylic acids is 3. The third-order valence-corrected chi connectivity index (χ3v) is 5.08. The van der Waals surface area contributed by atoms with Gasteiger partial charge in [-0.05, 0) is 51.2 Å². The van der Waals surface area contributed by atoms with Gasteiger partial charge in [0.05, 0.1) is 12.1 Å². The number of alkyl halides is 1. The molecule has 3 atom stereocenters. The van der Waals surface area contributed by atoms with Crippen LogP contribution in [0.2, 0.25) is 0 Å². The lowest BCUT2D eigenvalue weighted by atomic mass is 9.97. The van der Waals surface area contributed by atoms with Crippen molar-refractivity contribution in [3.05, 3.63) is 36.0 Å². The van der Waals surface area contributed by atoms with Crippen LogP contribution < -0.4 is 11.1 Å². The van der Waals surface area contributed by atoms with E-state index in [0.717, 1.165) is 16.5 Å². The number of benzene rings is 1. The van der Waals surface area contributed by atoms with Gasteiger partial charge < -0.3 is 20.8 Å². The number of aromatic amines is 1. The van der Waals surface area contributed by atoms with Gasteiger partial charge in [0.1, 0.15) is 5.60 Å². The molecule has 0 aliphatic carbocycles. The second-order valence-corrected chi connectivity index (χ2v) is 9.60. The van der Waals surface area contributed by atoms with Crippen molar-refractivity contribution in [2.75, 3.05) is 0 Å². The highest BCUT2D eigenvalue weighted by Gasteiger charge is 2.35. The Morgan fingerprint density at radius 2 is 1.84 bits per heavy atom. The van der Waals surface area contributed by atoms with Gasteiger partial charge in [-0.15, -0.1) is 11.6 Å². The fraction of sp³-hybridized carbons (Fsp3) is 0.522. The average Bonchev–Trinajstić information content (AvgIpc) is 3.07. The Morgan fingerprint density at radius 1 is 1.19 bits per heavy atom. The minimum atomic E-state index is -1.51. The molecule has 0 saturated carbocycles. The molecule has 1 aromatic heterocycles. The number of hydrogen-bond acceptors (Lipinski definition) is 5. The average molecular weight is 450 g/mol. The highest BCUT2D eigenvalue weighted by Crippen LogP contribution is 2.19. The number of para-hydroxylation sites is 1. The van der Waals surface area contributed by atoms with Gasteiger partial charge >= 0.3 is 5.97 Å². The van der Waals surface area contributed by atoms with Crippen LogP contribution in [0.1, 0.15) is 46.6 Å². The van der Waals surface area contributed by atoms with Crippen LogP contribution in [0.5, 0.6) is 0 Å². The maximum atomic E-state index is 12.9. The molecule has 1 aromatic carbocycles. The summed E-state index contributed by atoms with van der Waals surface area (Å²) in [5.41, 5.74) is 7.23. The second-order valence-electron chi connectivity index (χ2n) is 9.16. The molecule has 0 aliphatic heterocycles. The van der Waals surface area contributed by atoms with Crippen LogP contribution in [-0.4, -0.2) is 45.7 Å². The zero-order valence-electron chi connectivity index (χ0n) is 18.7. The second kappa shape index (κ2) is 10.3. The molecular formula is C23H32ClN3O4. The first-order valence-corrected chi connectivity index (χ1v) is 10.8. The van der Waals surface area contributed by atoms with Crippen molar-refractivity contribution in [1.29, 1.82) is 0 Å². The van der Waals surface area contributed by atoms with Gasteiger partial charge in [-0.3, -0.25) is 9.59 Å². The fourth-order valence-corrected chi connectivity index (χ4v) is 3.47. The summed E-state index contributed by atoms with van der Waals surface area (Å²) >= 11 is 6.10. The number of ether oxygens (including phenoxy) is 1. The highest BCUT2D eigenvalue weighted by atomic mass is 35.5. The van der Waals surface area contributed by atoms with Gasteiger partial charge in [-0.1, -0.05) is 32.0 Å².